The first-order chi connectivity index (χ1) is 17.3. The average molecular weight is 305 g/mol. The van der Waals surface area contributed by atoms with Crippen molar-refractivity contribution in [2.24, 2.45) is 0 Å². The molecule has 1 aromatic heterocycles. The van der Waals surface area contributed by atoms with Gasteiger partial charge in [-0.2, -0.15) is 0 Å². The lowest BCUT2D eigenvalue weighted by molar-refractivity contribution is 0.177. The molecule has 1 amide bonds. The van der Waals surface area contributed by atoms with Gasteiger partial charge in [-0.3, -0.25) is 0 Å². The highest BCUT2D eigenvalue weighted by Gasteiger charge is 2.22. The van der Waals surface area contributed by atoms with E-state index in [0.29, 0.717) is 0 Å². The maximum Gasteiger partial charge on any atom is 0.407 e. The number of nitrogens with zero attached hydrogens (tertiary/aromatic N) is 1. The van der Waals surface area contributed by atoms with Crippen LogP contribution in [0.5, 0.6) is 0 Å². The summed E-state index contributed by atoms with van der Waals surface area (Å²) in [7, 11) is 0. The highest BCUT2D eigenvalue weighted by molar-refractivity contribution is 5.84. The summed E-state index contributed by atoms with van der Waals surface area (Å²) in [4.78, 5) is 11.6. The predicted molar refractivity (Wildman–Crippen MR) is 82.5 cm³/mol. The minimum absolute atomic E-state index is 0.178. The smallest absolute Gasteiger partial charge is 0.407 e. The van der Waals surface area contributed by atoms with Gasteiger partial charge in [0, 0.05) is 37.3 Å². The third-order valence-electron chi connectivity index (χ3n) is 2.58. The van der Waals surface area contributed by atoms with Crippen LogP contribution in [0.4, 0.5) is 4.79 Å². The van der Waals surface area contributed by atoms with Gasteiger partial charge in [-0.05, 0) is 50.0 Å². The maximum absolute atomic E-state index is 11.8. The van der Waals surface area contributed by atoms with Gasteiger partial charge < -0.3 is 19.9 Å². The topological polar surface area (TPSA) is 57.4 Å². The molecule has 1 aromatic carbocycles. The van der Waals surface area contributed by atoms with Crippen LogP contribution in [0.3, 0.4) is 0 Å². The number of hydrogen-bond donors (Lipinski definition) is 2. The lowest BCUT2D eigenvalue weighted by atomic mass is 10.0. The van der Waals surface area contributed by atoms with Gasteiger partial charge in [-0.15, -0.1) is 0 Å². The number of ether oxygens (including phenoxy) is 1. The minimum atomic E-state index is -3.52. The highest BCUT2D eigenvalue weighted by atomic mass is 16.6. The van der Waals surface area contributed by atoms with Crippen molar-refractivity contribution in [3.8, 4) is 0 Å². The van der Waals surface area contributed by atoms with E-state index in [4.69, 9.17) is 24.8 Å². The zero-order valence-electron chi connectivity index (χ0n) is 28.4. The average Bonchev–Trinajstić information content (AvgIpc) is 3.06. The second kappa shape index (κ2) is 5.77. The second-order valence-corrected chi connectivity index (χ2v) is 4.01. The van der Waals surface area contributed by atoms with Crippen LogP contribution in [-0.4, -0.2) is 49.0 Å². The molecule has 2 aromatic rings. The number of H-pyrrole nitrogens is 1. The van der Waals surface area contributed by atoms with E-state index in [1.54, 1.807) is 0 Å². The van der Waals surface area contributed by atoms with Crippen molar-refractivity contribution >= 4 is 17.0 Å². The third-order valence-corrected chi connectivity index (χ3v) is 2.58. The quantitative estimate of drug-likeness (QED) is 0.887. The number of aromatic nitrogens is 1. The molecule has 1 aliphatic rings. The van der Waals surface area contributed by atoms with E-state index in [2.05, 4.69) is 4.74 Å². The van der Waals surface area contributed by atoms with Crippen molar-refractivity contribution in [3.63, 3.8) is 0 Å². The second-order valence-electron chi connectivity index (χ2n) is 4.01. The number of alkyl carbamates (subject to hydrolysis) is 1. The summed E-state index contributed by atoms with van der Waals surface area (Å²) in [6.07, 6.45) is -7.01. The Morgan fingerprint density at radius 3 is 3.33 bits per heavy atom. The van der Waals surface area contributed by atoms with Crippen molar-refractivity contribution in [1.82, 2.24) is 15.2 Å². The number of nitrogens with one attached hydrogen (secondary N) is 2. The van der Waals surface area contributed by atoms with Gasteiger partial charge in [0.25, 0.3) is 0 Å². The van der Waals surface area contributed by atoms with Gasteiger partial charge in [-0.1, -0.05) is 6.04 Å². The molecule has 0 saturated carbocycles. The fraction of sp³-hybridized carbons (Fsp3) is 0.438. The zero-order valence-corrected chi connectivity index (χ0v) is 10.4. The molecule has 21 heavy (non-hydrogen) atoms. The molecule has 0 bridgehead atoms. The number of rotatable bonds is 5. The van der Waals surface area contributed by atoms with Crippen molar-refractivity contribution in [1.29, 1.82) is 0 Å². The molecule has 1 atom stereocenters. The standard InChI is InChI=1S/C16H21N3O2/c1-19(2)6-5-12-9-17-15-4-3-11(8-14(12)15)7-13-10-21-16(20)18-13/h3-4,8-9,13,17H,5-7,10H2,1-2H3,(H,18,20)/t13-/m0/s1/i1D3,2D3,3D,4D,6D2,7D2,8D,9D,10D2/hD2. The van der Waals surface area contributed by atoms with E-state index in [1.165, 1.54) is 0 Å². The van der Waals surface area contributed by atoms with Gasteiger partial charge in [0.2, 0.25) is 0 Å². The molecule has 112 valence electrons. The molecule has 5 nitrogen and oxygen atoms in total. The van der Waals surface area contributed by atoms with Crippen LogP contribution < -0.4 is 5.31 Å². The molecule has 2 N–H and O–H groups in total. The Morgan fingerprint density at radius 1 is 1.67 bits per heavy atom. The van der Waals surface area contributed by atoms with E-state index in [0.717, 1.165) is 0 Å². The molecule has 3 rings (SSSR count). The number of carbonyl (C=O) groups excluding carboxylic acids is 1. The summed E-state index contributed by atoms with van der Waals surface area (Å²) in [6, 6.07) is -5.46. The Labute approximate surface area is 149 Å². The fourth-order valence-electron chi connectivity index (χ4n) is 1.70. The van der Waals surface area contributed by atoms with E-state index < -0.39 is 103 Å². The number of amides is 1. The Balaban J connectivity index is 2.36. The highest BCUT2D eigenvalue weighted by Crippen LogP contribution is 2.21. The van der Waals surface area contributed by atoms with Gasteiger partial charge in [0.05, 0.1) is 14.3 Å². The molecule has 1 fully saturated rings. The Bertz CT molecular complexity index is 1320. The summed E-state index contributed by atoms with van der Waals surface area (Å²) >= 11 is 0. The lowest BCUT2D eigenvalue weighted by Gasteiger charge is -2.09. The Morgan fingerprint density at radius 2 is 2.57 bits per heavy atom. The summed E-state index contributed by atoms with van der Waals surface area (Å²) < 4.78 is 148. The molecule has 0 unspecified atom stereocenters. The van der Waals surface area contributed by atoms with E-state index in [9.17, 15) is 4.79 Å². The fourth-order valence-corrected chi connectivity index (χ4v) is 1.70. The van der Waals surface area contributed by atoms with Crippen LogP contribution in [0.15, 0.2) is 24.3 Å². The molecule has 2 heterocycles. The molecular weight excluding hydrogens is 266 g/mol. The first-order valence-electron chi connectivity index (χ1n) is 14.6. The zero-order chi connectivity index (χ0) is 30.4. The number of hydrogen-bond acceptors (Lipinski definition) is 3. The predicted octanol–water partition coefficient (Wildman–Crippen LogP) is 1.92. The van der Waals surface area contributed by atoms with Crippen LogP contribution in [0.2, 0.25) is 2.82 Å². The summed E-state index contributed by atoms with van der Waals surface area (Å²) in [5, 5.41) is -0.848. The molecule has 0 radical (unpaired) electrons. The van der Waals surface area contributed by atoms with Crippen molar-refractivity contribution in [3.05, 3.63) is 35.4 Å². The molecule has 0 aliphatic carbocycles. The lowest BCUT2D eigenvalue weighted by Crippen LogP contribution is -2.28. The Kier molecular flexibility index (Phi) is 1.11. The van der Waals surface area contributed by atoms with Crippen molar-refractivity contribution in [2.75, 3.05) is 27.0 Å². The van der Waals surface area contributed by atoms with Crippen molar-refractivity contribution < 1.29 is 34.3 Å². The van der Waals surface area contributed by atoms with E-state index >= 15 is 0 Å². The number of carbonyl (C=O) groups is 1. The molecule has 1 aliphatic heterocycles. The molecule has 0 spiro atoms. The summed E-state index contributed by atoms with van der Waals surface area (Å²) in [5.41, 5.74) is -2.37. The number of benzene rings is 1. The number of fused-ring (bicyclic) bond motifs is 1. The van der Waals surface area contributed by atoms with E-state index in [1.807, 2.05) is 0 Å². The van der Waals surface area contributed by atoms with Gasteiger partial charge in [0.1, 0.15) is 6.56 Å². The number of aromatic amines is 1. The third kappa shape index (κ3) is 3.19. The normalized spacial score (nSPS) is 36.1. The first kappa shape index (κ1) is 4.04. The molecule has 5 heteroatoms. The van der Waals surface area contributed by atoms with Crippen LogP contribution in [0.25, 0.3) is 10.9 Å². The van der Waals surface area contributed by atoms with Gasteiger partial charge >= 0.3 is 6.09 Å². The van der Waals surface area contributed by atoms with Gasteiger partial charge in [0.15, 0.2) is 2.82 Å². The monoisotopic (exact) mass is 305 g/mol. The Hall–Kier alpha value is -2.01. The van der Waals surface area contributed by atoms with Crippen LogP contribution in [0, 0.1) is 0 Å². The SMILES string of the molecule is [2H]c1c(C([2H])([2H])[C@@H]2N([2H])C(=O)OC2([2H])[2H])c([2H])c2c(CC([2H])([2H])N(C([2H])([2H])[2H])C([2H])([2H])[2H])c([2H])n([2H])c2c1[2H]. The maximum atomic E-state index is 11.8. The van der Waals surface area contributed by atoms with Gasteiger partial charge in [-0.25, -0.2) is 4.79 Å². The minimum Gasteiger partial charge on any atom is -0.447 e. The van der Waals surface area contributed by atoms with Crippen LogP contribution in [-0.2, 0) is 17.5 Å². The number of aryl methyl sites for hydroxylation is 1. The van der Waals surface area contributed by atoms with Crippen LogP contribution >= 0.6 is 0 Å². The molecular formula is C16H21N3O2. The summed E-state index contributed by atoms with van der Waals surface area (Å²) in [5.74, 6) is 0. The van der Waals surface area contributed by atoms with Crippen LogP contribution in [0.1, 0.15) is 33.1 Å². The summed E-state index contributed by atoms with van der Waals surface area (Å²) in [6.45, 7) is -13.5. The number of cyclic esters (lactones) is 1. The molecule has 1 saturated heterocycles. The van der Waals surface area contributed by atoms with E-state index in [-0.39, 0.29) is 10.3 Å². The number of likely N-dealkylation sites (N-methyl/N-ethyl adjacent to an activating group) is 1. The largest absolute Gasteiger partial charge is 0.447 e. The van der Waals surface area contributed by atoms with Crippen molar-refractivity contribution in [2.45, 2.75) is 18.8 Å². The first-order valence-corrected chi connectivity index (χ1v) is 5.75.